The molecule has 0 spiro atoms. The van der Waals surface area contributed by atoms with Gasteiger partial charge in [0, 0.05) is 20.9 Å². The van der Waals surface area contributed by atoms with Gasteiger partial charge >= 0.3 is 0 Å². The van der Waals surface area contributed by atoms with E-state index in [2.05, 4.69) is 33.9 Å². The molecule has 0 aliphatic carbocycles. The lowest BCUT2D eigenvalue weighted by molar-refractivity contribution is 1.14. The zero-order chi connectivity index (χ0) is 15.0. The fourth-order valence-electron chi connectivity index (χ4n) is 2.40. The molecule has 3 rings (SSSR count). The molecule has 0 bridgehead atoms. The highest BCUT2D eigenvalue weighted by Crippen LogP contribution is 2.29. The summed E-state index contributed by atoms with van der Waals surface area (Å²) in [4.78, 5) is 15.3. The Hall–Kier alpha value is -1.58. The van der Waals surface area contributed by atoms with E-state index >= 15 is 0 Å². The predicted molar refractivity (Wildman–Crippen MR) is 90.9 cm³/mol. The summed E-state index contributed by atoms with van der Waals surface area (Å²) in [6.07, 6.45) is 0.856. The normalized spacial score (nSPS) is 11.0. The van der Waals surface area contributed by atoms with Crippen molar-refractivity contribution in [1.29, 1.82) is 0 Å². The molecule has 1 heterocycles. The van der Waals surface area contributed by atoms with E-state index in [1.807, 2.05) is 30.3 Å². The van der Waals surface area contributed by atoms with Crippen LogP contribution < -0.4 is 5.56 Å². The minimum atomic E-state index is -0.127. The fraction of sp³-hybridized carbons (Fsp3) is 0.118. The average Bonchev–Trinajstić information content (AvgIpc) is 2.48. The second-order valence-corrected chi connectivity index (χ2v) is 6.05. The van der Waals surface area contributed by atoms with Crippen molar-refractivity contribution in [2.45, 2.75) is 13.3 Å². The van der Waals surface area contributed by atoms with Crippen LogP contribution in [0, 0.1) is 6.07 Å². The van der Waals surface area contributed by atoms with E-state index < -0.39 is 0 Å². The summed E-state index contributed by atoms with van der Waals surface area (Å²) >= 11 is 9.48. The van der Waals surface area contributed by atoms with Crippen LogP contribution in [0.2, 0.25) is 5.02 Å². The summed E-state index contributed by atoms with van der Waals surface area (Å²) in [5.74, 6) is 0. The molecule has 0 fully saturated rings. The van der Waals surface area contributed by atoms with Gasteiger partial charge in [-0.05, 0) is 57.7 Å². The molecule has 21 heavy (non-hydrogen) atoms. The Morgan fingerprint density at radius 3 is 2.90 bits per heavy atom. The third kappa shape index (κ3) is 2.63. The van der Waals surface area contributed by atoms with Crippen molar-refractivity contribution in [2.24, 2.45) is 0 Å². The van der Waals surface area contributed by atoms with Crippen LogP contribution in [0.25, 0.3) is 22.0 Å². The van der Waals surface area contributed by atoms with E-state index in [1.54, 1.807) is 6.07 Å². The maximum Gasteiger partial charge on any atom is 0.256 e. The van der Waals surface area contributed by atoms with Crippen molar-refractivity contribution >= 4 is 38.4 Å². The van der Waals surface area contributed by atoms with Gasteiger partial charge in [-0.15, -0.1) is 0 Å². The van der Waals surface area contributed by atoms with Crippen molar-refractivity contribution in [3.63, 3.8) is 0 Å². The number of aryl methyl sites for hydroxylation is 1. The lowest BCUT2D eigenvalue weighted by Crippen LogP contribution is -2.09. The number of nitrogens with one attached hydrogen (secondary N) is 1. The standard InChI is InChI=1S/C17H12BrClNO/c1-2-10-5-3-4-6-12(10)13-7-11-8-14(18)15(19)9-16(11)20-17(13)21/h3-5,7-9H,2H2,1H3,(H,20,21). The van der Waals surface area contributed by atoms with Gasteiger partial charge in [-0.2, -0.15) is 0 Å². The lowest BCUT2D eigenvalue weighted by atomic mass is 9.98. The number of aromatic amines is 1. The summed E-state index contributed by atoms with van der Waals surface area (Å²) in [5.41, 5.74) is 3.20. The van der Waals surface area contributed by atoms with E-state index in [9.17, 15) is 4.79 Å². The van der Waals surface area contributed by atoms with Crippen LogP contribution in [0.1, 0.15) is 12.5 Å². The maximum absolute atomic E-state index is 12.4. The molecule has 0 amide bonds. The van der Waals surface area contributed by atoms with E-state index in [4.69, 9.17) is 11.6 Å². The maximum atomic E-state index is 12.4. The molecule has 2 aromatic carbocycles. The van der Waals surface area contributed by atoms with Crippen LogP contribution in [-0.2, 0) is 6.42 Å². The number of pyridine rings is 1. The minimum Gasteiger partial charge on any atom is -0.321 e. The molecule has 0 saturated carbocycles. The molecule has 4 heteroatoms. The van der Waals surface area contributed by atoms with Gasteiger partial charge in [0.05, 0.1) is 5.02 Å². The molecule has 0 atom stereocenters. The summed E-state index contributed by atoms with van der Waals surface area (Å²) in [5, 5.41) is 1.51. The number of H-pyrrole nitrogens is 1. The number of rotatable bonds is 2. The first-order chi connectivity index (χ1) is 10.1. The van der Waals surface area contributed by atoms with Crippen LogP contribution in [0.3, 0.4) is 0 Å². The summed E-state index contributed by atoms with van der Waals surface area (Å²) in [6, 6.07) is 14.5. The number of benzene rings is 2. The van der Waals surface area contributed by atoms with Gasteiger partial charge in [0.25, 0.3) is 5.56 Å². The minimum absolute atomic E-state index is 0.127. The van der Waals surface area contributed by atoms with Crippen molar-refractivity contribution in [2.75, 3.05) is 0 Å². The monoisotopic (exact) mass is 360 g/mol. The second-order valence-electron chi connectivity index (χ2n) is 4.79. The fourth-order valence-corrected chi connectivity index (χ4v) is 2.93. The van der Waals surface area contributed by atoms with E-state index in [0.717, 1.165) is 32.9 Å². The number of halogens is 2. The predicted octanol–water partition coefficient (Wildman–Crippen LogP) is 4.97. The van der Waals surface area contributed by atoms with Gasteiger partial charge in [0.1, 0.15) is 0 Å². The Kier molecular flexibility index (Phi) is 3.87. The van der Waals surface area contributed by atoms with Crippen LogP contribution in [0.5, 0.6) is 0 Å². The summed E-state index contributed by atoms with van der Waals surface area (Å²) in [7, 11) is 0. The van der Waals surface area contributed by atoms with Crippen molar-refractivity contribution in [1.82, 2.24) is 4.98 Å². The third-order valence-corrected chi connectivity index (χ3v) is 4.67. The summed E-state index contributed by atoms with van der Waals surface area (Å²) in [6.45, 7) is 2.07. The first kappa shape index (κ1) is 14.4. The zero-order valence-corrected chi connectivity index (χ0v) is 13.7. The SMILES string of the molecule is CCc1ccc[c]c1-c1cc2cc(Br)c(Cl)cc2[nH]c1=O. The highest BCUT2D eigenvalue weighted by molar-refractivity contribution is 9.10. The van der Waals surface area contributed by atoms with Gasteiger partial charge in [0.2, 0.25) is 0 Å². The highest BCUT2D eigenvalue weighted by atomic mass is 79.9. The second kappa shape index (κ2) is 5.66. The Morgan fingerprint density at radius 1 is 1.33 bits per heavy atom. The van der Waals surface area contributed by atoms with Crippen molar-refractivity contribution in [3.8, 4) is 11.1 Å². The van der Waals surface area contributed by atoms with Gasteiger partial charge in [-0.25, -0.2) is 0 Å². The smallest absolute Gasteiger partial charge is 0.256 e. The Morgan fingerprint density at radius 2 is 2.14 bits per heavy atom. The summed E-state index contributed by atoms with van der Waals surface area (Å²) < 4.78 is 0.808. The molecule has 0 saturated heterocycles. The molecule has 0 aliphatic rings. The number of hydrogen-bond acceptors (Lipinski definition) is 1. The van der Waals surface area contributed by atoms with Crippen LogP contribution in [0.4, 0.5) is 0 Å². The molecule has 0 aliphatic heterocycles. The van der Waals surface area contributed by atoms with Crippen molar-refractivity contribution in [3.05, 3.63) is 67.9 Å². The Bertz CT molecular complexity index is 886. The average molecular weight is 362 g/mol. The van der Waals surface area contributed by atoms with Crippen molar-refractivity contribution < 1.29 is 0 Å². The van der Waals surface area contributed by atoms with Crippen LogP contribution >= 0.6 is 27.5 Å². The molecule has 1 N–H and O–H groups in total. The molecule has 105 valence electrons. The van der Waals surface area contributed by atoms with E-state index in [0.29, 0.717) is 10.6 Å². The van der Waals surface area contributed by atoms with Gasteiger partial charge in [-0.1, -0.05) is 36.7 Å². The molecular weight excluding hydrogens is 350 g/mol. The number of fused-ring (bicyclic) bond motifs is 1. The molecular formula is C17H12BrClNO. The molecule has 1 radical (unpaired) electrons. The van der Waals surface area contributed by atoms with Gasteiger partial charge < -0.3 is 4.98 Å². The molecule has 0 unspecified atom stereocenters. The van der Waals surface area contributed by atoms with E-state index in [1.165, 1.54) is 0 Å². The quantitative estimate of drug-likeness (QED) is 0.686. The molecule has 2 nitrogen and oxygen atoms in total. The van der Waals surface area contributed by atoms with Gasteiger partial charge in [-0.3, -0.25) is 4.79 Å². The van der Waals surface area contributed by atoms with Gasteiger partial charge in [0.15, 0.2) is 0 Å². The van der Waals surface area contributed by atoms with Crippen LogP contribution in [-0.4, -0.2) is 4.98 Å². The number of aromatic nitrogens is 1. The molecule has 3 aromatic rings. The molecule has 1 aromatic heterocycles. The highest BCUT2D eigenvalue weighted by Gasteiger charge is 2.10. The first-order valence-electron chi connectivity index (χ1n) is 6.62. The lowest BCUT2D eigenvalue weighted by Gasteiger charge is -2.08. The Balaban J connectivity index is 2.31. The zero-order valence-electron chi connectivity index (χ0n) is 11.3. The van der Waals surface area contributed by atoms with Crippen LogP contribution in [0.15, 0.2) is 45.7 Å². The Labute approximate surface area is 135 Å². The topological polar surface area (TPSA) is 32.9 Å². The largest absolute Gasteiger partial charge is 0.321 e. The third-order valence-electron chi connectivity index (χ3n) is 3.48. The first-order valence-corrected chi connectivity index (χ1v) is 7.79. The number of hydrogen-bond donors (Lipinski definition) is 1. The van der Waals surface area contributed by atoms with E-state index in [-0.39, 0.29) is 5.56 Å².